The Bertz CT molecular complexity index is 1150. The molecule has 1 N–H and O–H groups in total. The van der Waals surface area contributed by atoms with Gasteiger partial charge in [-0.15, -0.1) is 0 Å². The van der Waals surface area contributed by atoms with Gasteiger partial charge in [-0.1, -0.05) is 43.5 Å². The van der Waals surface area contributed by atoms with Crippen LogP contribution in [-0.2, 0) is 11.3 Å². The molecule has 34 heavy (non-hydrogen) atoms. The molecular weight excluding hydrogens is 424 g/mol. The van der Waals surface area contributed by atoms with Crippen LogP contribution in [0.25, 0.3) is 22.2 Å². The van der Waals surface area contributed by atoms with Crippen LogP contribution in [0.3, 0.4) is 0 Å². The number of hydrogen-bond donors (Lipinski definition) is 1. The maximum absolute atomic E-state index is 12.3. The van der Waals surface area contributed by atoms with E-state index in [0.717, 1.165) is 11.3 Å². The van der Waals surface area contributed by atoms with E-state index < -0.39 is 5.60 Å². The van der Waals surface area contributed by atoms with E-state index >= 15 is 0 Å². The summed E-state index contributed by atoms with van der Waals surface area (Å²) in [5.41, 5.74) is 5.68. The molecule has 0 saturated heterocycles. The van der Waals surface area contributed by atoms with Crippen LogP contribution in [0.4, 0.5) is 4.79 Å². The molecule has 1 heterocycles. The molecule has 0 aliphatic heterocycles. The van der Waals surface area contributed by atoms with Crippen LogP contribution < -0.4 is 10.1 Å². The molecule has 0 radical (unpaired) electrons. The van der Waals surface area contributed by atoms with Crippen molar-refractivity contribution in [3.63, 3.8) is 0 Å². The van der Waals surface area contributed by atoms with Crippen molar-refractivity contribution in [2.75, 3.05) is 13.7 Å². The quantitative estimate of drug-likeness (QED) is 0.421. The highest BCUT2D eigenvalue weighted by atomic mass is 16.6. The molecule has 1 aromatic heterocycles. The highest BCUT2D eigenvalue weighted by Gasteiger charge is 2.28. The average molecular weight is 463 g/mol. The summed E-state index contributed by atoms with van der Waals surface area (Å²) in [5.74, 6) is 1.40. The van der Waals surface area contributed by atoms with E-state index in [-0.39, 0.29) is 6.09 Å². The number of methoxy groups -OCH3 is 1. The number of aromatic nitrogens is 1. The van der Waals surface area contributed by atoms with E-state index in [2.05, 4.69) is 47.1 Å². The number of alkyl carbamates (subject to hydrolysis) is 1. The van der Waals surface area contributed by atoms with Crippen LogP contribution in [0.5, 0.6) is 5.75 Å². The number of benzene rings is 2. The summed E-state index contributed by atoms with van der Waals surface area (Å²) in [6.07, 6.45) is 5.91. The van der Waals surface area contributed by atoms with E-state index in [1.165, 1.54) is 59.8 Å². The number of rotatable bonds is 6. The Morgan fingerprint density at radius 2 is 1.82 bits per heavy atom. The third kappa shape index (κ3) is 5.24. The molecule has 1 aliphatic rings. The van der Waals surface area contributed by atoms with Crippen LogP contribution in [0.1, 0.15) is 69.9 Å². The van der Waals surface area contributed by atoms with Crippen molar-refractivity contribution in [2.45, 2.75) is 77.9 Å². The first-order valence-electron chi connectivity index (χ1n) is 12.5. The lowest BCUT2D eigenvalue weighted by atomic mass is 9.81. The van der Waals surface area contributed by atoms with Crippen molar-refractivity contribution in [1.29, 1.82) is 0 Å². The maximum Gasteiger partial charge on any atom is 0.407 e. The van der Waals surface area contributed by atoms with Gasteiger partial charge in [0.25, 0.3) is 0 Å². The molecule has 5 nitrogen and oxygen atoms in total. The molecule has 0 bridgehead atoms. The van der Waals surface area contributed by atoms with Gasteiger partial charge in [0.1, 0.15) is 11.4 Å². The third-order valence-electron chi connectivity index (χ3n) is 6.64. The Hall–Kier alpha value is -2.95. The van der Waals surface area contributed by atoms with Gasteiger partial charge in [-0.05, 0) is 75.8 Å². The van der Waals surface area contributed by atoms with E-state index in [9.17, 15) is 4.79 Å². The van der Waals surface area contributed by atoms with Gasteiger partial charge < -0.3 is 19.4 Å². The van der Waals surface area contributed by atoms with Crippen LogP contribution in [-0.4, -0.2) is 29.9 Å². The lowest BCUT2D eigenvalue weighted by Crippen LogP contribution is -2.34. The highest BCUT2D eigenvalue weighted by molar-refractivity contribution is 5.94. The fourth-order valence-electron chi connectivity index (χ4n) is 5.24. The Kier molecular flexibility index (Phi) is 7.20. The zero-order valence-electron chi connectivity index (χ0n) is 21.2. The zero-order valence-corrected chi connectivity index (χ0v) is 21.2. The van der Waals surface area contributed by atoms with Gasteiger partial charge in [-0.2, -0.15) is 0 Å². The van der Waals surface area contributed by atoms with Crippen LogP contribution in [0, 0.1) is 6.92 Å². The van der Waals surface area contributed by atoms with E-state index in [1.807, 2.05) is 32.9 Å². The number of fused-ring (bicyclic) bond motifs is 1. The standard InChI is InChI=1S/C29H38N2O3/c1-20-15-16-22-24(19-20)31(18-17-30-28(32)34-29(2,3)4)27(23-13-9-10-14-25(23)33-5)26(22)21-11-7-6-8-12-21/h9-10,13-16,19,21H,6-8,11-12,17-18H2,1-5H3,(H,30,32). The smallest absolute Gasteiger partial charge is 0.407 e. The first kappa shape index (κ1) is 24.2. The summed E-state index contributed by atoms with van der Waals surface area (Å²) in [7, 11) is 1.74. The predicted octanol–water partition coefficient (Wildman–Crippen LogP) is 7.20. The number of hydrogen-bond acceptors (Lipinski definition) is 3. The summed E-state index contributed by atoms with van der Waals surface area (Å²) < 4.78 is 13.6. The SMILES string of the molecule is COc1ccccc1-c1c(C2CCCCC2)c2ccc(C)cc2n1CCNC(=O)OC(C)(C)C. The van der Waals surface area contributed by atoms with E-state index in [0.29, 0.717) is 19.0 Å². The number of nitrogens with one attached hydrogen (secondary N) is 1. The molecule has 0 spiro atoms. The van der Waals surface area contributed by atoms with E-state index in [1.54, 1.807) is 7.11 Å². The minimum Gasteiger partial charge on any atom is -0.496 e. The molecule has 1 fully saturated rings. The number of amides is 1. The molecule has 4 rings (SSSR count). The van der Waals surface area contributed by atoms with Crippen LogP contribution in [0.2, 0.25) is 0 Å². The molecule has 3 aromatic rings. The summed E-state index contributed by atoms with van der Waals surface area (Å²) in [4.78, 5) is 12.3. The van der Waals surface area contributed by atoms with Gasteiger partial charge in [0.15, 0.2) is 0 Å². The molecule has 0 atom stereocenters. The topological polar surface area (TPSA) is 52.5 Å². The monoisotopic (exact) mass is 462 g/mol. The summed E-state index contributed by atoms with van der Waals surface area (Å²) in [5, 5.41) is 4.27. The number of para-hydroxylation sites is 1. The second kappa shape index (κ2) is 10.1. The zero-order chi connectivity index (χ0) is 24.3. The molecule has 1 saturated carbocycles. The fraction of sp³-hybridized carbons (Fsp3) is 0.483. The number of carbonyl (C=O) groups excluding carboxylic acids is 1. The van der Waals surface area contributed by atoms with Crippen molar-refractivity contribution in [1.82, 2.24) is 9.88 Å². The molecule has 2 aromatic carbocycles. The lowest BCUT2D eigenvalue weighted by Gasteiger charge is -2.24. The largest absolute Gasteiger partial charge is 0.496 e. The molecule has 1 aliphatic carbocycles. The minimum atomic E-state index is -0.516. The van der Waals surface area contributed by atoms with Gasteiger partial charge in [0, 0.05) is 29.6 Å². The van der Waals surface area contributed by atoms with Crippen molar-refractivity contribution >= 4 is 17.0 Å². The Morgan fingerprint density at radius 1 is 1.09 bits per heavy atom. The van der Waals surface area contributed by atoms with Crippen LogP contribution >= 0.6 is 0 Å². The fourth-order valence-corrected chi connectivity index (χ4v) is 5.24. The Balaban J connectivity index is 1.82. The summed E-state index contributed by atoms with van der Waals surface area (Å²) in [6, 6.07) is 15.1. The lowest BCUT2D eigenvalue weighted by molar-refractivity contribution is 0.0526. The summed E-state index contributed by atoms with van der Waals surface area (Å²) in [6.45, 7) is 8.91. The first-order chi connectivity index (χ1) is 16.3. The Morgan fingerprint density at radius 3 is 2.53 bits per heavy atom. The van der Waals surface area contributed by atoms with Gasteiger partial charge in [-0.3, -0.25) is 0 Å². The van der Waals surface area contributed by atoms with Gasteiger partial charge in [0.05, 0.1) is 12.8 Å². The van der Waals surface area contributed by atoms with Crippen molar-refractivity contribution in [3.8, 4) is 17.0 Å². The normalized spacial score (nSPS) is 14.9. The maximum atomic E-state index is 12.3. The molecule has 5 heteroatoms. The number of aryl methyl sites for hydroxylation is 1. The van der Waals surface area contributed by atoms with E-state index in [4.69, 9.17) is 9.47 Å². The number of carbonyl (C=O) groups is 1. The molecule has 0 unspecified atom stereocenters. The highest BCUT2D eigenvalue weighted by Crippen LogP contribution is 2.46. The minimum absolute atomic E-state index is 0.383. The first-order valence-corrected chi connectivity index (χ1v) is 12.5. The third-order valence-corrected chi connectivity index (χ3v) is 6.64. The van der Waals surface area contributed by atoms with Crippen LogP contribution in [0.15, 0.2) is 42.5 Å². The van der Waals surface area contributed by atoms with Gasteiger partial charge >= 0.3 is 6.09 Å². The van der Waals surface area contributed by atoms with Gasteiger partial charge in [-0.25, -0.2) is 4.79 Å². The van der Waals surface area contributed by atoms with Crippen molar-refractivity contribution < 1.29 is 14.3 Å². The van der Waals surface area contributed by atoms with Crippen molar-refractivity contribution in [3.05, 3.63) is 53.6 Å². The van der Waals surface area contributed by atoms with Crippen molar-refractivity contribution in [2.24, 2.45) is 0 Å². The predicted molar refractivity (Wildman–Crippen MR) is 139 cm³/mol. The second-order valence-electron chi connectivity index (χ2n) is 10.4. The van der Waals surface area contributed by atoms with Gasteiger partial charge in [0.2, 0.25) is 0 Å². The molecular formula is C29H38N2O3. The Labute approximate surface area is 203 Å². The second-order valence-corrected chi connectivity index (χ2v) is 10.4. The molecule has 1 amide bonds. The molecule has 182 valence electrons. The number of ether oxygens (including phenoxy) is 2. The average Bonchev–Trinajstić information content (AvgIpc) is 3.11. The summed E-state index contributed by atoms with van der Waals surface area (Å²) >= 11 is 0. The number of nitrogens with zero attached hydrogens (tertiary/aromatic N) is 1.